The average molecular weight is 354 g/mol. The van der Waals surface area contributed by atoms with E-state index in [1.54, 1.807) is 0 Å². The van der Waals surface area contributed by atoms with Gasteiger partial charge in [0.2, 0.25) is 0 Å². The van der Waals surface area contributed by atoms with Crippen LogP contribution in [0.5, 0.6) is 11.5 Å². The molecule has 3 heteroatoms. The molecule has 0 radical (unpaired) electrons. The molecule has 0 spiro atoms. The molecule has 0 aliphatic heterocycles. The third-order valence-corrected chi connectivity index (χ3v) is 3.96. The lowest BCUT2D eigenvalue weighted by atomic mass is 10.0. The molecular formula is C17H18BrClO. The van der Waals surface area contributed by atoms with Crippen LogP contribution in [-0.4, -0.2) is 0 Å². The van der Waals surface area contributed by atoms with Crippen LogP contribution >= 0.6 is 27.5 Å². The number of rotatable bonds is 4. The van der Waals surface area contributed by atoms with E-state index in [-0.39, 0.29) is 0 Å². The van der Waals surface area contributed by atoms with Gasteiger partial charge in [0.05, 0.1) is 5.88 Å². The first kappa shape index (κ1) is 15.4. The minimum Gasteiger partial charge on any atom is -0.457 e. The Balaban J connectivity index is 2.41. The zero-order chi connectivity index (χ0) is 14.7. The van der Waals surface area contributed by atoms with Crippen molar-refractivity contribution in [1.82, 2.24) is 0 Å². The Morgan fingerprint density at radius 3 is 2.50 bits per heavy atom. The minimum atomic E-state index is 0.417. The molecule has 0 heterocycles. The monoisotopic (exact) mass is 352 g/mol. The van der Waals surface area contributed by atoms with E-state index in [0.29, 0.717) is 11.8 Å². The van der Waals surface area contributed by atoms with E-state index in [1.165, 1.54) is 11.1 Å². The van der Waals surface area contributed by atoms with Crippen molar-refractivity contribution in [2.75, 3.05) is 0 Å². The van der Waals surface area contributed by atoms with Crippen LogP contribution in [0.1, 0.15) is 36.5 Å². The number of aryl methyl sites for hydroxylation is 1. The molecule has 1 nitrogen and oxygen atoms in total. The molecule has 0 amide bonds. The molecule has 2 aromatic rings. The number of alkyl halides is 1. The smallest absolute Gasteiger partial charge is 0.131 e. The van der Waals surface area contributed by atoms with Gasteiger partial charge in [0, 0.05) is 10.0 Å². The highest BCUT2D eigenvalue weighted by atomic mass is 79.9. The molecule has 0 unspecified atom stereocenters. The van der Waals surface area contributed by atoms with Gasteiger partial charge in [0.1, 0.15) is 11.5 Å². The van der Waals surface area contributed by atoms with E-state index in [9.17, 15) is 0 Å². The fourth-order valence-electron chi connectivity index (χ4n) is 2.08. The molecule has 0 saturated heterocycles. The van der Waals surface area contributed by atoms with Crippen molar-refractivity contribution in [3.05, 3.63) is 57.6 Å². The maximum Gasteiger partial charge on any atom is 0.131 e. The molecule has 0 aromatic heterocycles. The lowest BCUT2D eigenvalue weighted by Gasteiger charge is -2.16. The van der Waals surface area contributed by atoms with E-state index in [4.69, 9.17) is 16.3 Å². The number of benzene rings is 2. The Morgan fingerprint density at radius 2 is 1.85 bits per heavy atom. The van der Waals surface area contributed by atoms with Gasteiger partial charge in [-0.15, -0.1) is 11.6 Å². The van der Waals surface area contributed by atoms with Crippen molar-refractivity contribution in [3.8, 4) is 11.5 Å². The predicted octanol–water partition coefficient (Wildman–Crippen LogP) is 6.41. The molecule has 0 aliphatic carbocycles. The van der Waals surface area contributed by atoms with Gasteiger partial charge in [-0.1, -0.05) is 41.9 Å². The zero-order valence-corrected chi connectivity index (χ0v) is 14.3. The second-order valence-corrected chi connectivity index (χ2v) is 6.37. The van der Waals surface area contributed by atoms with Crippen LogP contribution in [-0.2, 0) is 5.88 Å². The average Bonchev–Trinajstić information content (AvgIpc) is 2.40. The van der Waals surface area contributed by atoms with E-state index in [2.05, 4.69) is 54.9 Å². The fourth-order valence-corrected chi connectivity index (χ4v) is 2.69. The Hall–Kier alpha value is -0.990. The van der Waals surface area contributed by atoms with Gasteiger partial charge in [-0.05, 0) is 48.2 Å². The van der Waals surface area contributed by atoms with Crippen molar-refractivity contribution in [2.24, 2.45) is 0 Å². The lowest BCUT2D eigenvalue weighted by molar-refractivity contribution is 0.468. The van der Waals surface area contributed by atoms with Gasteiger partial charge in [-0.2, -0.15) is 0 Å². The summed E-state index contributed by atoms with van der Waals surface area (Å²) in [6, 6.07) is 12.2. The number of ether oxygens (including phenoxy) is 1. The standard InChI is InChI=1S/C17H18BrClO/c1-11(2)15-6-4-12(3)8-17(15)20-16-7-5-14(18)9-13(16)10-19/h4-9,11H,10H2,1-3H3. The second kappa shape index (κ2) is 6.64. The maximum absolute atomic E-state index is 6.12. The lowest BCUT2D eigenvalue weighted by Crippen LogP contribution is -1.96. The van der Waals surface area contributed by atoms with Crippen LogP contribution in [0.15, 0.2) is 40.9 Å². The zero-order valence-electron chi connectivity index (χ0n) is 11.9. The quantitative estimate of drug-likeness (QED) is 0.577. The summed E-state index contributed by atoms with van der Waals surface area (Å²) in [5.41, 5.74) is 3.38. The van der Waals surface area contributed by atoms with E-state index in [0.717, 1.165) is 21.5 Å². The van der Waals surface area contributed by atoms with Crippen LogP contribution in [0.3, 0.4) is 0 Å². The summed E-state index contributed by atoms with van der Waals surface area (Å²) in [6.45, 7) is 6.41. The van der Waals surface area contributed by atoms with Crippen molar-refractivity contribution in [1.29, 1.82) is 0 Å². The number of hydrogen-bond acceptors (Lipinski definition) is 1. The fraction of sp³-hybridized carbons (Fsp3) is 0.294. The van der Waals surface area contributed by atoms with Crippen LogP contribution in [0, 0.1) is 6.92 Å². The van der Waals surface area contributed by atoms with Crippen molar-refractivity contribution in [2.45, 2.75) is 32.6 Å². The van der Waals surface area contributed by atoms with Gasteiger partial charge in [-0.25, -0.2) is 0 Å². The molecule has 0 bridgehead atoms. The van der Waals surface area contributed by atoms with Crippen LogP contribution in [0.4, 0.5) is 0 Å². The normalized spacial score (nSPS) is 10.9. The predicted molar refractivity (Wildman–Crippen MR) is 89.0 cm³/mol. The first-order chi connectivity index (χ1) is 9.51. The summed E-state index contributed by atoms with van der Waals surface area (Å²) >= 11 is 9.46. The summed E-state index contributed by atoms with van der Waals surface area (Å²) in [5, 5.41) is 0. The summed E-state index contributed by atoms with van der Waals surface area (Å²) in [7, 11) is 0. The molecular weight excluding hydrogens is 336 g/mol. The maximum atomic E-state index is 6.12. The van der Waals surface area contributed by atoms with Gasteiger partial charge in [0.15, 0.2) is 0 Å². The molecule has 0 N–H and O–H groups in total. The number of halogens is 2. The van der Waals surface area contributed by atoms with Gasteiger partial charge >= 0.3 is 0 Å². The topological polar surface area (TPSA) is 9.23 Å². The minimum absolute atomic E-state index is 0.417. The van der Waals surface area contributed by atoms with E-state index in [1.807, 2.05) is 18.2 Å². The van der Waals surface area contributed by atoms with E-state index < -0.39 is 0 Å². The Kier molecular flexibility index (Phi) is 5.11. The van der Waals surface area contributed by atoms with Gasteiger partial charge < -0.3 is 4.74 Å². The SMILES string of the molecule is Cc1ccc(C(C)C)c(Oc2ccc(Br)cc2CCl)c1. The van der Waals surface area contributed by atoms with Gasteiger partial charge in [0.25, 0.3) is 0 Å². The highest BCUT2D eigenvalue weighted by molar-refractivity contribution is 9.10. The van der Waals surface area contributed by atoms with Crippen LogP contribution in [0.2, 0.25) is 0 Å². The third kappa shape index (κ3) is 3.56. The van der Waals surface area contributed by atoms with Crippen molar-refractivity contribution in [3.63, 3.8) is 0 Å². The molecule has 20 heavy (non-hydrogen) atoms. The molecule has 106 valence electrons. The molecule has 0 aliphatic rings. The first-order valence-corrected chi connectivity index (χ1v) is 7.97. The summed E-state index contributed by atoms with van der Waals surface area (Å²) in [4.78, 5) is 0. The second-order valence-electron chi connectivity index (χ2n) is 5.18. The summed E-state index contributed by atoms with van der Waals surface area (Å²) < 4.78 is 7.13. The molecule has 0 saturated carbocycles. The molecule has 0 atom stereocenters. The van der Waals surface area contributed by atoms with Crippen molar-refractivity contribution < 1.29 is 4.74 Å². The highest BCUT2D eigenvalue weighted by Gasteiger charge is 2.11. The van der Waals surface area contributed by atoms with Crippen molar-refractivity contribution >= 4 is 27.5 Å². The highest BCUT2D eigenvalue weighted by Crippen LogP contribution is 2.34. The Labute approximate surface area is 134 Å². The summed E-state index contributed by atoms with van der Waals surface area (Å²) in [5.74, 6) is 2.57. The van der Waals surface area contributed by atoms with Crippen LogP contribution < -0.4 is 4.74 Å². The summed E-state index contributed by atoms with van der Waals surface area (Å²) in [6.07, 6.45) is 0. The largest absolute Gasteiger partial charge is 0.457 e. The first-order valence-electron chi connectivity index (χ1n) is 6.64. The van der Waals surface area contributed by atoms with Crippen LogP contribution in [0.25, 0.3) is 0 Å². The van der Waals surface area contributed by atoms with E-state index >= 15 is 0 Å². The Bertz CT molecular complexity index is 608. The molecule has 2 rings (SSSR count). The Morgan fingerprint density at radius 1 is 1.10 bits per heavy atom. The molecule has 0 fully saturated rings. The molecule has 2 aromatic carbocycles. The third-order valence-electron chi connectivity index (χ3n) is 3.18. The number of hydrogen-bond donors (Lipinski definition) is 0. The van der Waals surface area contributed by atoms with Gasteiger partial charge in [-0.3, -0.25) is 0 Å².